The normalized spacial score (nSPS) is 25.2. The van der Waals surface area contributed by atoms with Crippen LogP contribution in [-0.4, -0.2) is 35.9 Å². The van der Waals surface area contributed by atoms with Crippen molar-refractivity contribution in [3.05, 3.63) is 28.7 Å². The lowest BCUT2D eigenvalue weighted by atomic mass is 10.0. The maximum absolute atomic E-state index is 12.2. The van der Waals surface area contributed by atoms with Crippen LogP contribution in [0.4, 0.5) is 0 Å². The minimum atomic E-state index is -0.152. The predicted octanol–water partition coefficient (Wildman–Crippen LogP) is 3.12. The molecule has 0 aromatic heterocycles. The summed E-state index contributed by atoms with van der Waals surface area (Å²) in [6, 6.07) is 5.69. The minimum Gasteiger partial charge on any atom is -0.454 e. The van der Waals surface area contributed by atoms with E-state index >= 15 is 0 Å². The van der Waals surface area contributed by atoms with Gasteiger partial charge in [0.1, 0.15) is 0 Å². The number of amides is 1. The molecule has 1 saturated heterocycles. The van der Waals surface area contributed by atoms with Gasteiger partial charge in [-0.15, -0.1) is 0 Å². The second kappa shape index (κ2) is 5.92. The topological polar surface area (TPSA) is 51.1 Å². The maximum Gasteiger partial charge on any atom is 0.286 e. The molecule has 0 radical (unpaired) electrons. The highest BCUT2D eigenvalue weighted by molar-refractivity contribution is 8.18. The van der Waals surface area contributed by atoms with E-state index in [0.29, 0.717) is 10.8 Å². The zero-order chi connectivity index (χ0) is 15.8. The number of hydrogen-bond acceptors (Lipinski definition) is 5. The van der Waals surface area contributed by atoms with E-state index in [0.717, 1.165) is 41.7 Å². The first-order valence-corrected chi connectivity index (χ1v) is 8.68. The van der Waals surface area contributed by atoms with E-state index in [1.54, 1.807) is 0 Å². The number of likely N-dealkylation sites (tertiary alicyclic amines) is 1. The molecule has 0 aliphatic carbocycles. The lowest BCUT2D eigenvalue weighted by Crippen LogP contribution is -2.37. The van der Waals surface area contributed by atoms with Crippen LogP contribution in [0.25, 0.3) is 6.08 Å². The summed E-state index contributed by atoms with van der Waals surface area (Å²) in [6.07, 6.45) is 4.29. The van der Waals surface area contributed by atoms with Crippen LogP contribution in [0, 0.1) is 5.92 Å². The maximum atomic E-state index is 12.2. The number of amidine groups is 1. The third-order valence-corrected chi connectivity index (χ3v) is 5.28. The summed E-state index contributed by atoms with van der Waals surface area (Å²) in [5, 5.41) is 0.841. The molecule has 0 bridgehead atoms. The Morgan fingerprint density at radius 1 is 1.35 bits per heavy atom. The van der Waals surface area contributed by atoms with Crippen LogP contribution in [0.5, 0.6) is 11.5 Å². The average Bonchev–Trinajstić information content (AvgIpc) is 3.14. The Labute approximate surface area is 139 Å². The summed E-state index contributed by atoms with van der Waals surface area (Å²) >= 11 is 1.47. The fourth-order valence-electron chi connectivity index (χ4n) is 3.05. The van der Waals surface area contributed by atoms with Crippen molar-refractivity contribution in [3.8, 4) is 11.5 Å². The third kappa shape index (κ3) is 2.95. The Morgan fingerprint density at radius 3 is 3.09 bits per heavy atom. The van der Waals surface area contributed by atoms with Crippen LogP contribution in [0.2, 0.25) is 0 Å². The fraction of sp³-hybridized carbons (Fsp3) is 0.412. The van der Waals surface area contributed by atoms with Gasteiger partial charge < -0.3 is 14.4 Å². The van der Waals surface area contributed by atoms with Gasteiger partial charge in [-0.3, -0.25) is 4.79 Å². The van der Waals surface area contributed by atoms with Gasteiger partial charge in [0.2, 0.25) is 6.79 Å². The summed E-state index contributed by atoms with van der Waals surface area (Å²) in [7, 11) is 0. The van der Waals surface area contributed by atoms with Crippen molar-refractivity contribution in [2.45, 2.75) is 19.8 Å². The van der Waals surface area contributed by atoms with Crippen molar-refractivity contribution in [1.29, 1.82) is 0 Å². The molecule has 0 N–H and O–H groups in total. The second-order valence-electron chi connectivity index (χ2n) is 6.12. The first-order valence-electron chi connectivity index (χ1n) is 7.86. The van der Waals surface area contributed by atoms with Gasteiger partial charge in [-0.05, 0) is 54.3 Å². The number of benzene rings is 1. The standard InChI is InChI=1S/C17H18N2O3S/c1-11-3-2-6-19(9-11)17-18-16(20)15(23-17)8-12-4-5-13-14(7-12)22-10-21-13/h4-5,7-8,11H,2-3,6,9-10H2,1H3/b15-8-/t11-/m1/s1. The van der Waals surface area contributed by atoms with E-state index in [1.807, 2.05) is 24.3 Å². The van der Waals surface area contributed by atoms with Crippen molar-refractivity contribution in [3.63, 3.8) is 0 Å². The van der Waals surface area contributed by atoms with E-state index in [4.69, 9.17) is 9.47 Å². The molecule has 1 amide bonds. The molecule has 23 heavy (non-hydrogen) atoms. The highest BCUT2D eigenvalue weighted by Crippen LogP contribution is 2.36. The summed E-state index contributed by atoms with van der Waals surface area (Å²) in [6.45, 7) is 4.47. The van der Waals surface area contributed by atoms with E-state index in [2.05, 4.69) is 16.8 Å². The van der Waals surface area contributed by atoms with Gasteiger partial charge in [-0.1, -0.05) is 13.0 Å². The molecule has 4 rings (SSSR count). The molecular formula is C17H18N2O3S. The number of aliphatic imine (C=N–C) groups is 1. The number of piperidine rings is 1. The Balaban J connectivity index is 1.51. The van der Waals surface area contributed by atoms with Crippen LogP contribution in [-0.2, 0) is 4.79 Å². The van der Waals surface area contributed by atoms with Crippen LogP contribution < -0.4 is 9.47 Å². The summed E-state index contributed by atoms with van der Waals surface area (Å²) in [5.41, 5.74) is 0.925. The molecule has 3 aliphatic heterocycles. The smallest absolute Gasteiger partial charge is 0.286 e. The number of hydrogen-bond donors (Lipinski definition) is 0. The highest BCUT2D eigenvalue weighted by Gasteiger charge is 2.28. The Morgan fingerprint density at radius 2 is 2.22 bits per heavy atom. The average molecular weight is 330 g/mol. The van der Waals surface area contributed by atoms with E-state index in [-0.39, 0.29) is 12.7 Å². The van der Waals surface area contributed by atoms with Gasteiger partial charge >= 0.3 is 0 Å². The molecule has 1 aromatic rings. The molecule has 3 heterocycles. The first kappa shape index (κ1) is 14.6. The lowest BCUT2D eigenvalue weighted by Gasteiger charge is -2.31. The largest absolute Gasteiger partial charge is 0.454 e. The van der Waals surface area contributed by atoms with Gasteiger partial charge in [-0.25, -0.2) is 0 Å². The molecule has 6 heteroatoms. The zero-order valence-corrected chi connectivity index (χ0v) is 13.8. The Kier molecular flexibility index (Phi) is 3.77. The molecule has 0 saturated carbocycles. The monoisotopic (exact) mass is 330 g/mol. The van der Waals surface area contributed by atoms with E-state index in [9.17, 15) is 4.79 Å². The number of rotatable bonds is 1. The van der Waals surface area contributed by atoms with Crippen LogP contribution in [0.15, 0.2) is 28.1 Å². The number of fused-ring (bicyclic) bond motifs is 1. The zero-order valence-electron chi connectivity index (χ0n) is 12.9. The molecule has 0 spiro atoms. The molecular weight excluding hydrogens is 312 g/mol. The molecule has 0 unspecified atom stereocenters. The molecule has 3 aliphatic rings. The highest BCUT2D eigenvalue weighted by atomic mass is 32.2. The van der Waals surface area contributed by atoms with Gasteiger partial charge in [0.15, 0.2) is 16.7 Å². The first-order chi connectivity index (χ1) is 11.2. The van der Waals surface area contributed by atoms with Crippen molar-refractivity contribution >= 4 is 28.9 Å². The van der Waals surface area contributed by atoms with Crippen molar-refractivity contribution in [2.24, 2.45) is 10.9 Å². The number of nitrogens with zero attached hydrogens (tertiary/aromatic N) is 2. The lowest BCUT2D eigenvalue weighted by molar-refractivity contribution is -0.113. The van der Waals surface area contributed by atoms with Crippen LogP contribution in [0.3, 0.4) is 0 Å². The quantitative estimate of drug-likeness (QED) is 0.741. The Hall–Kier alpha value is -1.95. The van der Waals surface area contributed by atoms with Gasteiger partial charge in [-0.2, -0.15) is 4.99 Å². The van der Waals surface area contributed by atoms with Crippen LogP contribution >= 0.6 is 11.8 Å². The van der Waals surface area contributed by atoms with Crippen molar-refractivity contribution in [1.82, 2.24) is 4.90 Å². The van der Waals surface area contributed by atoms with Crippen LogP contribution in [0.1, 0.15) is 25.3 Å². The van der Waals surface area contributed by atoms with Crippen molar-refractivity contribution in [2.75, 3.05) is 19.9 Å². The van der Waals surface area contributed by atoms with E-state index in [1.165, 1.54) is 18.2 Å². The van der Waals surface area contributed by atoms with Gasteiger partial charge in [0.25, 0.3) is 5.91 Å². The Bertz CT molecular complexity index is 714. The SMILES string of the molecule is C[C@@H]1CCCN(C2=NC(=O)/C(=C/c3ccc4c(c3)OCO4)S2)C1. The van der Waals surface area contributed by atoms with Gasteiger partial charge in [0.05, 0.1) is 4.91 Å². The molecule has 5 nitrogen and oxygen atoms in total. The van der Waals surface area contributed by atoms with Crippen molar-refractivity contribution < 1.29 is 14.3 Å². The summed E-state index contributed by atoms with van der Waals surface area (Å²) in [5.74, 6) is 1.97. The molecule has 1 fully saturated rings. The fourth-order valence-corrected chi connectivity index (χ4v) is 4.00. The van der Waals surface area contributed by atoms with E-state index < -0.39 is 0 Å². The predicted molar refractivity (Wildman–Crippen MR) is 90.5 cm³/mol. The van der Waals surface area contributed by atoms with Gasteiger partial charge in [0, 0.05) is 13.1 Å². The summed E-state index contributed by atoms with van der Waals surface area (Å²) < 4.78 is 10.7. The second-order valence-corrected chi connectivity index (χ2v) is 7.13. The number of carbonyl (C=O) groups is 1. The third-order valence-electron chi connectivity index (χ3n) is 4.23. The molecule has 1 atom stereocenters. The number of ether oxygens (including phenoxy) is 2. The summed E-state index contributed by atoms with van der Waals surface area (Å²) in [4.78, 5) is 19.3. The number of carbonyl (C=O) groups excluding carboxylic acids is 1. The minimum absolute atomic E-state index is 0.152. The molecule has 1 aromatic carbocycles. The molecule has 120 valence electrons. The number of thioether (sulfide) groups is 1.